The summed E-state index contributed by atoms with van der Waals surface area (Å²) in [6.07, 6.45) is 5.33. The zero-order chi connectivity index (χ0) is 16.1. The highest BCUT2D eigenvalue weighted by Crippen LogP contribution is 2.37. The van der Waals surface area contributed by atoms with Crippen molar-refractivity contribution in [2.45, 2.75) is 90.3 Å². The third-order valence-corrected chi connectivity index (χ3v) is 6.08. The molecule has 0 aromatic heterocycles. The van der Waals surface area contributed by atoms with Gasteiger partial charge in [-0.1, -0.05) is 0 Å². The molecule has 4 nitrogen and oxygen atoms in total. The largest absolute Gasteiger partial charge is 0.415 e. The van der Waals surface area contributed by atoms with Crippen molar-refractivity contribution >= 4 is 14.1 Å². The molecule has 124 valence electrons. The molecule has 4 rings (SSSR count). The standard InChI is InChI=1S/2C8H16BNO/c2*1-8(2)7-5-4-6-10(7)9(3)11-8/h2*7H,4-6H2,1-3H3/t2*7-/m10/s1. The summed E-state index contributed by atoms with van der Waals surface area (Å²) in [5, 5.41) is 0. The van der Waals surface area contributed by atoms with Crippen molar-refractivity contribution in [3.63, 3.8) is 0 Å². The Morgan fingerprint density at radius 1 is 0.773 bits per heavy atom. The first-order chi connectivity index (χ1) is 10.2. The van der Waals surface area contributed by atoms with Crippen LogP contribution in [0.15, 0.2) is 0 Å². The quantitative estimate of drug-likeness (QED) is 0.643. The summed E-state index contributed by atoms with van der Waals surface area (Å²) < 4.78 is 11.7. The second-order valence-electron chi connectivity index (χ2n) is 8.43. The van der Waals surface area contributed by atoms with Crippen LogP contribution in [0.25, 0.3) is 0 Å². The summed E-state index contributed by atoms with van der Waals surface area (Å²) in [5.74, 6) is 0. The Bertz CT molecular complexity index is 381. The van der Waals surface area contributed by atoms with Gasteiger partial charge in [-0.05, 0) is 80.1 Å². The van der Waals surface area contributed by atoms with Gasteiger partial charge in [-0.2, -0.15) is 0 Å². The topological polar surface area (TPSA) is 24.9 Å². The molecule has 0 bridgehead atoms. The molecule has 0 N–H and O–H groups in total. The highest BCUT2D eigenvalue weighted by molar-refractivity contribution is 6.48. The van der Waals surface area contributed by atoms with E-state index in [1.54, 1.807) is 0 Å². The zero-order valence-electron chi connectivity index (χ0n) is 15.3. The van der Waals surface area contributed by atoms with E-state index in [0.717, 1.165) is 0 Å². The molecule has 0 aliphatic carbocycles. The predicted octanol–water partition coefficient (Wildman–Crippen LogP) is 2.76. The average molecular weight is 306 g/mol. The van der Waals surface area contributed by atoms with Crippen LogP contribution in [0, 0.1) is 0 Å². The lowest BCUT2D eigenvalue weighted by molar-refractivity contribution is 0.104. The molecule has 22 heavy (non-hydrogen) atoms. The smallest absolute Gasteiger partial charge is 0.379 e. The first-order valence-corrected chi connectivity index (χ1v) is 9.09. The van der Waals surface area contributed by atoms with Crippen molar-refractivity contribution < 1.29 is 9.31 Å². The first kappa shape index (κ1) is 16.8. The molecule has 4 fully saturated rings. The van der Waals surface area contributed by atoms with E-state index < -0.39 is 0 Å². The monoisotopic (exact) mass is 306 g/mol. The fourth-order valence-corrected chi connectivity index (χ4v) is 5.11. The van der Waals surface area contributed by atoms with Crippen LogP contribution in [0.4, 0.5) is 0 Å². The van der Waals surface area contributed by atoms with Crippen molar-refractivity contribution in [1.82, 2.24) is 9.62 Å². The van der Waals surface area contributed by atoms with Gasteiger partial charge in [0.2, 0.25) is 0 Å². The van der Waals surface area contributed by atoms with Gasteiger partial charge < -0.3 is 18.9 Å². The van der Waals surface area contributed by atoms with Gasteiger partial charge in [-0.25, -0.2) is 0 Å². The van der Waals surface area contributed by atoms with E-state index in [0.29, 0.717) is 26.2 Å². The molecule has 0 spiro atoms. The van der Waals surface area contributed by atoms with Crippen LogP contribution in [-0.4, -0.2) is 60.1 Å². The van der Waals surface area contributed by atoms with Crippen LogP contribution in [0.1, 0.15) is 53.4 Å². The predicted molar refractivity (Wildman–Crippen MR) is 93.0 cm³/mol. The van der Waals surface area contributed by atoms with Gasteiger partial charge in [0.25, 0.3) is 0 Å². The van der Waals surface area contributed by atoms with Crippen LogP contribution >= 0.6 is 0 Å². The molecule has 4 saturated heterocycles. The van der Waals surface area contributed by atoms with Crippen LogP contribution in [0.2, 0.25) is 13.6 Å². The first-order valence-electron chi connectivity index (χ1n) is 9.09. The van der Waals surface area contributed by atoms with Gasteiger partial charge in [-0.3, -0.25) is 0 Å². The van der Waals surface area contributed by atoms with E-state index in [9.17, 15) is 0 Å². The van der Waals surface area contributed by atoms with Crippen LogP contribution < -0.4 is 0 Å². The molecule has 2 atom stereocenters. The molecule has 0 saturated carbocycles. The maximum Gasteiger partial charge on any atom is 0.379 e. The highest BCUT2D eigenvalue weighted by atomic mass is 16.5. The molecular weight excluding hydrogens is 274 g/mol. The molecule has 4 aliphatic rings. The minimum absolute atomic E-state index is 0.0932. The highest BCUT2D eigenvalue weighted by Gasteiger charge is 2.50. The lowest BCUT2D eigenvalue weighted by Gasteiger charge is -2.25. The van der Waals surface area contributed by atoms with Crippen LogP contribution in [0.5, 0.6) is 0 Å². The Kier molecular flexibility index (Phi) is 4.43. The second kappa shape index (κ2) is 5.80. The van der Waals surface area contributed by atoms with Crippen LogP contribution in [-0.2, 0) is 9.31 Å². The normalized spacial score (nSPS) is 36.3. The van der Waals surface area contributed by atoms with E-state index in [2.05, 4.69) is 51.0 Å². The van der Waals surface area contributed by atoms with Gasteiger partial charge >= 0.3 is 14.1 Å². The maximum atomic E-state index is 5.84. The average Bonchev–Trinajstić information content (AvgIpc) is 3.12. The van der Waals surface area contributed by atoms with Crippen molar-refractivity contribution in [3.8, 4) is 0 Å². The number of hydrogen-bond acceptors (Lipinski definition) is 4. The molecule has 6 heteroatoms. The number of nitrogens with zero attached hydrogens (tertiary/aromatic N) is 2. The molecule has 0 amide bonds. The van der Waals surface area contributed by atoms with E-state index in [-0.39, 0.29) is 11.2 Å². The molecule has 4 aliphatic heterocycles. The lowest BCUT2D eigenvalue weighted by atomic mass is 9.86. The fourth-order valence-electron chi connectivity index (χ4n) is 5.11. The fraction of sp³-hybridized carbons (Fsp3) is 1.00. The second-order valence-corrected chi connectivity index (χ2v) is 8.43. The van der Waals surface area contributed by atoms with E-state index in [1.807, 2.05) is 0 Å². The zero-order valence-corrected chi connectivity index (χ0v) is 15.3. The minimum Gasteiger partial charge on any atom is -0.415 e. The van der Waals surface area contributed by atoms with Gasteiger partial charge in [0.1, 0.15) is 0 Å². The Morgan fingerprint density at radius 2 is 1.14 bits per heavy atom. The van der Waals surface area contributed by atoms with Gasteiger partial charge in [0, 0.05) is 12.1 Å². The van der Waals surface area contributed by atoms with Crippen molar-refractivity contribution in [1.29, 1.82) is 0 Å². The molecule has 0 unspecified atom stereocenters. The molecule has 0 aromatic rings. The van der Waals surface area contributed by atoms with Crippen molar-refractivity contribution in [3.05, 3.63) is 0 Å². The Balaban J connectivity index is 0.000000131. The van der Waals surface area contributed by atoms with E-state index in [1.165, 1.54) is 38.8 Å². The molecule has 0 radical (unpaired) electrons. The molecule has 0 aromatic carbocycles. The van der Waals surface area contributed by atoms with Crippen molar-refractivity contribution in [2.75, 3.05) is 13.1 Å². The van der Waals surface area contributed by atoms with Crippen LogP contribution in [0.3, 0.4) is 0 Å². The summed E-state index contributed by atoms with van der Waals surface area (Å²) in [4.78, 5) is 4.97. The van der Waals surface area contributed by atoms with E-state index in [4.69, 9.17) is 9.31 Å². The Morgan fingerprint density at radius 3 is 1.45 bits per heavy atom. The molecule has 4 heterocycles. The summed E-state index contributed by atoms with van der Waals surface area (Å²) in [6, 6.07) is 1.36. The van der Waals surface area contributed by atoms with Gasteiger partial charge in [-0.15, -0.1) is 0 Å². The summed E-state index contributed by atoms with van der Waals surface area (Å²) >= 11 is 0. The maximum absolute atomic E-state index is 5.84. The Labute approximate surface area is 137 Å². The number of fused-ring (bicyclic) bond motifs is 2. The summed E-state index contributed by atoms with van der Waals surface area (Å²) in [7, 11) is 0.690. The van der Waals surface area contributed by atoms with Crippen molar-refractivity contribution in [2.24, 2.45) is 0 Å². The summed E-state index contributed by atoms with van der Waals surface area (Å²) in [6.45, 7) is 15.6. The third-order valence-electron chi connectivity index (χ3n) is 6.08. The third kappa shape index (κ3) is 2.88. The Hall–Kier alpha value is -0.0301. The number of rotatable bonds is 0. The number of hydrogen-bond donors (Lipinski definition) is 0. The van der Waals surface area contributed by atoms with E-state index >= 15 is 0 Å². The lowest BCUT2D eigenvalue weighted by Crippen LogP contribution is -2.37. The van der Waals surface area contributed by atoms with Gasteiger partial charge in [0.15, 0.2) is 0 Å². The SMILES string of the molecule is CB1OC(C)(C)[C@@H]2CCCN12.CB1OC(C)(C)[C@H]2CCCN12. The summed E-state index contributed by atoms with van der Waals surface area (Å²) in [5.41, 5.74) is 0.186. The minimum atomic E-state index is 0.0932. The van der Waals surface area contributed by atoms with Gasteiger partial charge in [0.05, 0.1) is 11.2 Å². The molecular formula is C16H32B2N2O2.